The lowest BCUT2D eigenvalue weighted by Crippen LogP contribution is -2.29. The lowest BCUT2D eigenvalue weighted by Gasteiger charge is -2.16. The molecule has 0 saturated carbocycles. The van der Waals surface area contributed by atoms with Crippen molar-refractivity contribution in [2.45, 2.75) is 19.4 Å². The van der Waals surface area contributed by atoms with E-state index in [2.05, 4.69) is 20.5 Å². The third kappa shape index (κ3) is 3.38. The van der Waals surface area contributed by atoms with Crippen LogP contribution in [0.1, 0.15) is 39.2 Å². The Balaban J connectivity index is 1.63. The number of furan rings is 1. The van der Waals surface area contributed by atoms with Gasteiger partial charge in [-0.2, -0.15) is 5.10 Å². The van der Waals surface area contributed by atoms with Gasteiger partial charge in [-0.25, -0.2) is 13.4 Å². The number of rotatable bonds is 5. The van der Waals surface area contributed by atoms with Crippen molar-refractivity contribution in [3.8, 4) is 0 Å². The van der Waals surface area contributed by atoms with E-state index in [-0.39, 0.29) is 24.9 Å². The summed E-state index contributed by atoms with van der Waals surface area (Å²) >= 11 is 0. The first-order chi connectivity index (χ1) is 13.3. The largest absolute Gasteiger partial charge is 0.465 e. The molecule has 1 amide bonds. The monoisotopic (exact) mass is 401 g/mol. The molecule has 0 spiro atoms. The van der Waals surface area contributed by atoms with Crippen molar-refractivity contribution in [3.05, 3.63) is 65.1 Å². The van der Waals surface area contributed by atoms with Gasteiger partial charge in [0.2, 0.25) is 10.0 Å². The number of amides is 1. The van der Waals surface area contributed by atoms with Gasteiger partial charge < -0.3 is 9.73 Å². The van der Waals surface area contributed by atoms with E-state index in [1.807, 2.05) is 19.1 Å². The Morgan fingerprint density at radius 2 is 2.18 bits per heavy atom. The van der Waals surface area contributed by atoms with Crippen molar-refractivity contribution in [1.82, 2.24) is 20.5 Å². The van der Waals surface area contributed by atoms with Gasteiger partial charge in [0.15, 0.2) is 0 Å². The van der Waals surface area contributed by atoms with Crippen molar-refractivity contribution in [1.29, 1.82) is 0 Å². The minimum Gasteiger partial charge on any atom is -0.465 e. The van der Waals surface area contributed by atoms with Crippen LogP contribution >= 0.6 is 0 Å². The molecule has 2 aromatic heterocycles. The molecule has 9 nitrogen and oxygen atoms in total. The van der Waals surface area contributed by atoms with Gasteiger partial charge >= 0.3 is 0 Å². The minimum absolute atomic E-state index is 0.208. The molecule has 1 aliphatic rings. The normalized spacial score (nSPS) is 16.2. The molecule has 1 unspecified atom stereocenters. The lowest BCUT2D eigenvalue weighted by atomic mass is 9.98. The summed E-state index contributed by atoms with van der Waals surface area (Å²) in [7, 11) is -3.46. The summed E-state index contributed by atoms with van der Waals surface area (Å²) in [6, 6.07) is 8.61. The second kappa shape index (κ2) is 6.79. The lowest BCUT2D eigenvalue weighted by molar-refractivity contribution is 0.0948. The maximum atomic E-state index is 12.6. The number of aromatic amines is 1. The average molecular weight is 401 g/mol. The Hall–Kier alpha value is -3.14. The van der Waals surface area contributed by atoms with Gasteiger partial charge in [0.1, 0.15) is 23.7 Å². The highest BCUT2D eigenvalue weighted by atomic mass is 32.2. The van der Waals surface area contributed by atoms with Gasteiger partial charge in [0.25, 0.3) is 5.91 Å². The maximum Gasteiger partial charge on any atom is 0.251 e. The first-order valence-electron chi connectivity index (χ1n) is 8.63. The van der Waals surface area contributed by atoms with E-state index < -0.39 is 10.0 Å². The van der Waals surface area contributed by atoms with E-state index in [0.29, 0.717) is 28.4 Å². The highest BCUT2D eigenvalue weighted by molar-refractivity contribution is 7.92. The molecular formula is C18H19N5O4S. The molecule has 3 heterocycles. The number of sulfonamides is 1. The smallest absolute Gasteiger partial charge is 0.251 e. The topological polar surface area (TPSA) is 121 Å². The van der Waals surface area contributed by atoms with Gasteiger partial charge in [0.05, 0.1) is 24.4 Å². The van der Waals surface area contributed by atoms with Crippen LogP contribution in [0.5, 0.6) is 0 Å². The van der Waals surface area contributed by atoms with Gasteiger partial charge in [-0.15, -0.1) is 0 Å². The predicted molar refractivity (Wildman–Crippen MR) is 101 cm³/mol. The molecule has 0 fully saturated rings. The molecule has 3 aromatic rings. The third-order valence-corrected chi connectivity index (χ3v) is 5.81. The number of fused-ring (bicyclic) bond motifs is 1. The standard InChI is InChI=1S/C18H19N5O4S/c1-11-3-5-13(27-11)8-19-18(24)12-4-6-16-14(7-12)15(17-20-10-21-22-17)9-23(16)28(2,25)26/h3-7,10,15H,8-9H2,1-2H3,(H,19,24)(H,20,21,22). The van der Waals surface area contributed by atoms with E-state index in [1.165, 1.54) is 10.6 Å². The summed E-state index contributed by atoms with van der Waals surface area (Å²) in [5, 5.41) is 9.46. The van der Waals surface area contributed by atoms with Crippen molar-refractivity contribution in [3.63, 3.8) is 0 Å². The van der Waals surface area contributed by atoms with Crippen LogP contribution in [0.3, 0.4) is 0 Å². The zero-order valence-electron chi connectivity index (χ0n) is 15.3. The van der Waals surface area contributed by atoms with Crippen LogP contribution in [0.25, 0.3) is 0 Å². The highest BCUT2D eigenvalue weighted by Crippen LogP contribution is 2.40. The van der Waals surface area contributed by atoms with Crippen LogP contribution < -0.4 is 9.62 Å². The minimum atomic E-state index is -3.46. The highest BCUT2D eigenvalue weighted by Gasteiger charge is 2.36. The van der Waals surface area contributed by atoms with Crippen molar-refractivity contribution in [2.75, 3.05) is 17.1 Å². The molecule has 0 bridgehead atoms. The molecule has 2 N–H and O–H groups in total. The summed E-state index contributed by atoms with van der Waals surface area (Å²) in [5.74, 6) is 1.39. The Kier molecular flexibility index (Phi) is 4.42. The van der Waals surface area contributed by atoms with Gasteiger partial charge in [-0.1, -0.05) is 0 Å². The molecule has 1 aromatic carbocycles. The Morgan fingerprint density at radius 3 is 2.82 bits per heavy atom. The first kappa shape index (κ1) is 18.2. The number of hydrogen-bond acceptors (Lipinski definition) is 6. The summed E-state index contributed by atoms with van der Waals surface area (Å²) in [5.41, 5.74) is 1.69. The Morgan fingerprint density at radius 1 is 1.36 bits per heavy atom. The molecule has 0 saturated heterocycles. The van der Waals surface area contributed by atoms with Crippen molar-refractivity contribution in [2.24, 2.45) is 0 Å². The molecule has 0 radical (unpaired) electrons. The second-order valence-electron chi connectivity index (χ2n) is 6.69. The molecular weight excluding hydrogens is 382 g/mol. The number of carbonyl (C=O) groups excluding carboxylic acids is 1. The number of aryl methyl sites for hydroxylation is 1. The number of nitrogens with one attached hydrogen (secondary N) is 2. The fourth-order valence-corrected chi connectivity index (χ4v) is 4.29. The number of anilines is 1. The second-order valence-corrected chi connectivity index (χ2v) is 8.59. The van der Waals surface area contributed by atoms with Gasteiger partial charge in [-0.05, 0) is 42.8 Å². The zero-order valence-corrected chi connectivity index (χ0v) is 16.2. The summed E-state index contributed by atoms with van der Waals surface area (Å²) < 4.78 is 31.1. The van der Waals surface area contributed by atoms with E-state index in [0.717, 1.165) is 12.0 Å². The van der Waals surface area contributed by atoms with Crippen LogP contribution in [0.4, 0.5) is 5.69 Å². The average Bonchev–Trinajstić information content (AvgIpc) is 3.37. The number of aromatic nitrogens is 3. The first-order valence-corrected chi connectivity index (χ1v) is 10.5. The predicted octanol–water partition coefficient (Wildman–Crippen LogP) is 1.55. The molecule has 10 heteroatoms. The number of benzene rings is 1. The maximum absolute atomic E-state index is 12.6. The molecule has 4 rings (SSSR count). The number of nitrogens with zero attached hydrogens (tertiary/aromatic N) is 3. The molecule has 1 aliphatic heterocycles. The fourth-order valence-electron chi connectivity index (χ4n) is 3.34. The molecule has 146 valence electrons. The van der Waals surface area contributed by atoms with E-state index in [9.17, 15) is 13.2 Å². The molecule has 1 atom stereocenters. The van der Waals surface area contributed by atoms with Gasteiger partial charge in [0, 0.05) is 12.1 Å². The zero-order chi connectivity index (χ0) is 19.9. The van der Waals surface area contributed by atoms with E-state index >= 15 is 0 Å². The number of H-pyrrole nitrogens is 1. The van der Waals surface area contributed by atoms with Crippen LogP contribution in [-0.2, 0) is 16.6 Å². The summed E-state index contributed by atoms with van der Waals surface area (Å²) in [4.78, 5) is 16.7. The quantitative estimate of drug-likeness (QED) is 0.669. The summed E-state index contributed by atoms with van der Waals surface area (Å²) in [6.45, 7) is 2.31. The Labute approximate surface area is 161 Å². The number of hydrogen-bond donors (Lipinski definition) is 2. The van der Waals surface area contributed by atoms with E-state index in [4.69, 9.17) is 4.42 Å². The van der Waals surface area contributed by atoms with Gasteiger partial charge in [-0.3, -0.25) is 14.2 Å². The van der Waals surface area contributed by atoms with Crippen molar-refractivity contribution >= 4 is 21.6 Å². The van der Waals surface area contributed by atoms with Crippen LogP contribution in [0, 0.1) is 6.92 Å². The summed E-state index contributed by atoms with van der Waals surface area (Å²) in [6.07, 6.45) is 2.53. The van der Waals surface area contributed by atoms with Crippen molar-refractivity contribution < 1.29 is 17.6 Å². The SMILES string of the molecule is Cc1ccc(CNC(=O)c2ccc3c(c2)C(c2ncn[nH]2)CN3S(C)(=O)=O)o1. The van der Waals surface area contributed by atoms with Crippen LogP contribution in [0.2, 0.25) is 0 Å². The van der Waals surface area contributed by atoms with Crippen LogP contribution in [-0.4, -0.2) is 42.3 Å². The Bertz CT molecular complexity index is 1120. The van der Waals surface area contributed by atoms with E-state index in [1.54, 1.807) is 18.2 Å². The molecule has 0 aliphatic carbocycles. The van der Waals surface area contributed by atoms with Crippen LogP contribution in [0.15, 0.2) is 41.1 Å². The number of carbonyl (C=O) groups is 1. The third-order valence-electron chi connectivity index (χ3n) is 4.67. The fraction of sp³-hybridized carbons (Fsp3) is 0.278. The molecule has 28 heavy (non-hydrogen) atoms.